The molecule has 8 heteroatoms. The zero-order valence-electron chi connectivity index (χ0n) is 13.3. The second-order valence-electron chi connectivity index (χ2n) is 4.89. The first-order chi connectivity index (χ1) is 12.0. The number of hydrogen-bond acceptors (Lipinski definition) is 4. The SMILES string of the molecule is COc1ccccc1OCC(=O)NCC(=O)Nc1ccc(Cl)cc1Cl. The zero-order chi connectivity index (χ0) is 18.2. The van der Waals surface area contributed by atoms with Gasteiger partial charge in [0.1, 0.15) is 0 Å². The number of anilines is 1. The topological polar surface area (TPSA) is 76.7 Å². The van der Waals surface area contributed by atoms with E-state index in [0.29, 0.717) is 27.2 Å². The fraction of sp³-hybridized carbons (Fsp3) is 0.176. The molecule has 2 aromatic rings. The van der Waals surface area contributed by atoms with Gasteiger partial charge in [-0.3, -0.25) is 9.59 Å². The molecule has 0 atom stereocenters. The summed E-state index contributed by atoms with van der Waals surface area (Å²) < 4.78 is 10.5. The molecule has 0 heterocycles. The molecule has 0 radical (unpaired) electrons. The summed E-state index contributed by atoms with van der Waals surface area (Å²) in [5.74, 6) is 0.0982. The molecule has 0 unspecified atom stereocenters. The van der Waals surface area contributed by atoms with Gasteiger partial charge < -0.3 is 20.1 Å². The molecule has 25 heavy (non-hydrogen) atoms. The van der Waals surface area contributed by atoms with Gasteiger partial charge in [-0.2, -0.15) is 0 Å². The highest BCUT2D eigenvalue weighted by molar-refractivity contribution is 6.36. The Morgan fingerprint density at radius 1 is 1.04 bits per heavy atom. The molecule has 0 saturated carbocycles. The summed E-state index contributed by atoms with van der Waals surface area (Å²) in [6, 6.07) is 11.6. The van der Waals surface area contributed by atoms with Crippen molar-refractivity contribution in [2.24, 2.45) is 0 Å². The van der Waals surface area contributed by atoms with Crippen LogP contribution >= 0.6 is 23.2 Å². The van der Waals surface area contributed by atoms with Crippen LogP contribution in [0.1, 0.15) is 0 Å². The second kappa shape index (κ2) is 9.15. The highest BCUT2D eigenvalue weighted by Gasteiger charge is 2.10. The molecule has 0 aliphatic carbocycles. The van der Waals surface area contributed by atoms with E-state index in [9.17, 15) is 9.59 Å². The highest BCUT2D eigenvalue weighted by atomic mass is 35.5. The van der Waals surface area contributed by atoms with Gasteiger partial charge in [0.25, 0.3) is 5.91 Å². The minimum atomic E-state index is -0.441. The number of methoxy groups -OCH3 is 1. The maximum absolute atomic E-state index is 11.9. The number of nitrogens with one attached hydrogen (secondary N) is 2. The lowest BCUT2D eigenvalue weighted by molar-refractivity contribution is -0.125. The van der Waals surface area contributed by atoms with Crippen molar-refractivity contribution in [1.82, 2.24) is 5.32 Å². The van der Waals surface area contributed by atoms with E-state index in [1.54, 1.807) is 36.4 Å². The first-order valence-corrected chi connectivity index (χ1v) is 8.02. The number of para-hydroxylation sites is 2. The van der Waals surface area contributed by atoms with Crippen LogP contribution in [0.15, 0.2) is 42.5 Å². The van der Waals surface area contributed by atoms with E-state index in [4.69, 9.17) is 32.7 Å². The lowest BCUT2D eigenvalue weighted by Gasteiger charge is -2.11. The van der Waals surface area contributed by atoms with Gasteiger partial charge in [-0.15, -0.1) is 0 Å². The highest BCUT2D eigenvalue weighted by Crippen LogP contribution is 2.26. The van der Waals surface area contributed by atoms with Crippen LogP contribution in [0.25, 0.3) is 0 Å². The number of halogens is 2. The molecule has 0 aliphatic rings. The van der Waals surface area contributed by atoms with Crippen LogP contribution in [-0.2, 0) is 9.59 Å². The summed E-state index contributed by atoms with van der Waals surface area (Å²) >= 11 is 11.8. The van der Waals surface area contributed by atoms with Crippen LogP contribution in [-0.4, -0.2) is 32.1 Å². The van der Waals surface area contributed by atoms with Gasteiger partial charge in [-0.05, 0) is 30.3 Å². The number of ether oxygens (including phenoxy) is 2. The van der Waals surface area contributed by atoms with Crippen molar-refractivity contribution in [3.63, 3.8) is 0 Å². The van der Waals surface area contributed by atoms with Crippen molar-refractivity contribution in [2.45, 2.75) is 0 Å². The molecule has 2 rings (SSSR count). The Kier molecular flexibility index (Phi) is 6.91. The fourth-order valence-corrected chi connectivity index (χ4v) is 2.35. The summed E-state index contributed by atoms with van der Waals surface area (Å²) in [7, 11) is 1.51. The Hall–Kier alpha value is -2.44. The first kappa shape index (κ1) is 18.9. The Balaban J connectivity index is 1.78. The molecule has 2 N–H and O–H groups in total. The third kappa shape index (κ3) is 5.85. The molecule has 132 valence electrons. The molecular formula is C17H16Cl2N2O4. The van der Waals surface area contributed by atoms with Gasteiger partial charge in [0.2, 0.25) is 5.91 Å². The van der Waals surface area contributed by atoms with Crippen LogP contribution in [0.2, 0.25) is 10.0 Å². The minimum Gasteiger partial charge on any atom is -0.493 e. The van der Waals surface area contributed by atoms with Crippen molar-refractivity contribution in [3.8, 4) is 11.5 Å². The van der Waals surface area contributed by atoms with Crippen LogP contribution in [0.4, 0.5) is 5.69 Å². The smallest absolute Gasteiger partial charge is 0.258 e. The molecule has 2 amide bonds. The second-order valence-corrected chi connectivity index (χ2v) is 5.73. The van der Waals surface area contributed by atoms with E-state index < -0.39 is 11.8 Å². The van der Waals surface area contributed by atoms with Crippen molar-refractivity contribution in [2.75, 3.05) is 25.6 Å². The molecule has 0 bridgehead atoms. The normalized spacial score (nSPS) is 10.0. The minimum absolute atomic E-state index is 0.215. The van der Waals surface area contributed by atoms with E-state index in [-0.39, 0.29) is 13.2 Å². The number of carbonyl (C=O) groups excluding carboxylic acids is 2. The lowest BCUT2D eigenvalue weighted by atomic mass is 10.3. The number of amides is 2. The van der Waals surface area contributed by atoms with Crippen LogP contribution in [0.3, 0.4) is 0 Å². The molecule has 0 saturated heterocycles. The summed E-state index contributed by atoms with van der Waals surface area (Å²) in [6.07, 6.45) is 0. The van der Waals surface area contributed by atoms with Crippen molar-refractivity contribution < 1.29 is 19.1 Å². The van der Waals surface area contributed by atoms with E-state index >= 15 is 0 Å². The Labute approximate surface area is 155 Å². The third-order valence-corrected chi connectivity index (χ3v) is 3.63. The lowest BCUT2D eigenvalue weighted by Crippen LogP contribution is -2.35. The molecular weight excluding hydrogens is 367 g/mol. The number of hydrogen-bond donors (Lipinski definition) is 2. The fourth-order valence-electron chi connectivity index (χ4n) is 1.90. The van der Waals surface area contributed by atoms with Crippen LogP contribution < -0.4 is 20.1 Å². The van der Waals surface area contributed by atoms with Gasteiger partial charge in [-0.25, -0.2) is 0 Å². The largest absolute Gasteiger partial charge is 0.493 e. The van der Waals surface area contributed by atoms with Crippen LogP contribution in [0.5, 0.6) is 11.5 Å². The number of carbonyl (C=O) groups is 2. The van der Waals surface area contributed by atoms with Crippen LogP contribution in [0, 0.1) is 0 Å². The summed E-state index contributed by atoms with van der Waals surface area (Å²) in [4.78, 5) is 23.6. The predicted molar refractivity (Wildman–Crippen MR) is 96.6 cm³/mol. The van der Waals surface area contributed by atoms with Gasteiger partial charge in [0.15, 0.2) is 18.1 Å². The van der Waals surface area contributed by atoms with Gasteiger partial charge in [0, 0.05) is 5.02 Å². The zero-order valence-corrected chi connectivity index (χ0v) is 14.9. The van der Waals surface area contributed by atoms with Crippen molar-refractivity contribution in [1.29, 1.82) is 0 Å². The average molecular weight is 383 g/mol. The molecule has 0 spiro atoms. The Bertz CT molecular complexity index is 768. The number of benzene rings is 2. The molecule has 0 fully saturated rings. The summed E-state index contributed by atoms with van der Waals surface area (Å²) in [5.41, 5.74) is 0.413. The molecule has 0 aromatic heterocycles. The van der Waals surface area contributed by atoms with Crippen molar-refractivity contribution >= 4 is 40.7 Å². The van der Waals surface area contributed by atoms with E-state index in [1.807, 2.05) is 0 Å². The Morgan fingerprint density at radius 2 is 1.76 bits per heavy atom. The molecule has 2 aromatic carbocycles. The van der Waals surface area contributed by atoms with E-state index in [0.717, 1.165) is 0 Å². The van der Waals surface area contributed by atoms with Gasteiger partial charge >= 0.3 is 0 Å². The third-order valence-electron chi connectivity index (χ3n) is 3.08. The Morgan fingerprint density at radius 3 is 2.44 bits per heavy atom. The average Bonchev–Trinajstić information content (AvgIpc) is 2.60. The molecule has 0 aliphatic heterocycles. The van der Waals surface area contributed by atoms with Gasteiger partial charge in [-0.1, -0.05) is 35.3 Å². The standard InChI is InChI=1S/C17H16Cl2N2O4/c1-24-14-4-2-3-5-15(14)25-10-17(23)20-9-16(22)21-13-7-6-11(18)8-12(13)19/h2-8H,9-10H2,1H3,(H,20,23)(H,21,22). The summed E-state index contributed by atoms with van der Waals surface area (Å²) in [6.45, 7) is -0.456. The van der Waals surface area contributed by atoms with Crippen molar-refractivity contribution in [3.05, 3.63) is 52.5 Å². The van der Waals surface area contributed by atoms with Gasteiger partial charge in [0.05, 0.1) is 24.4 Å². The maximum atomic E-state index is 11.9. The maximum Gasteiger partial charge on any atom is 0.258 e. The molecule has 6 nitrogen and oxygen atoms in total. The number of rotatable bonds is 7. The summed E-state index contributed by atoms with van der Waals surface area (Å²) in [5, 5.41) is 5.81. The predicted octanol–water partition coefficient (Wildman–Crippen LogP) is 3.14. The van der Waals surface area contributed by atoms with E-state index in [2.05, 4.69) is 10.6 Å². The monoisotopic (exact) mass is 382 g/mol. The quantitative estimate of drug-likeness (QED) is 0.770. The van der Waals surface area contributed by atoms with E-state index in [1.165, 1.54) is 13.2 Å². The first-order valence-electron chi connectivity index (χ1n) is 7.27.